The van der Waals surface area contributed by atoms with Crippen molar-refractivity contribution in [2.45, 2.75) is 26.3 Å². The van der Waals surface area contributed by atoms with Crippen LogP contribution in [0.15, 0.2) is 18.2 Å². The van der Waals surface area contributed by atoms with Crippen molar-refractivity contribution in [3.05, 3.63) is 29.6 Å². The van der Waals surface area contributed by atoms with Crippen molar-refractivity contribution in [3.8, 4) is 5.75 Å². The zero-order valence-corrected chi connectivity index (χ0v) is 11.6. The van der Waals surface area contributed by atoms with Crippen LogP contribution in [0.2, 0.25) is 0 Å². The van der Waals surface area contributed by atoms with Gasteiger partial charge in [-0.15, -0.1) is 0 Å². The Kier molecular flexibility index (Phi) is 6.29. The number of carbonyl (C=O) groups is 1. The van der Waals surface area contributed by atoms with Crippen LogP contribution in [0.3, 0.4) is 0 Å². The lowest BCUT2D eigenvalue weighted by atomic mass is 10.1. The lowest BCUT2D eigenvalue weighted by Crippen LogP contribution is -2.28. The van der Waals surface area contributed by atoms with Crippen LogP contribution in [0.1, 0.15) is 31.9 Å². The Bertz CT molecular complexity index is 424. The van der Waals surface area contributed by atoms with Gasteiger partial charge in [0.25, 0.3) is 0 Å². The third kappa shape index (κ3) is 4.87. The van der Waals surface area contributed by atoms with Crippen molar-refractivity contribution < 1.29 is 13.9 Å². The molecule has 0 aliphatic carbocycles. The molecule has 0 bridgehead atoms. The fourth-order valence-corrected chi connectivity index (χ4v) is 1.76. The number of amides is 1. The van der Waals surface area contributed by atoms with Gasteiger partial charge in [0.2, 0.25) is 5.91 Å². The number of rotatable bonds is 7. The first-order valence-electron chi connectivity index (χ1n) is 6.42. The number of hydrogen-bond acceptors (Lipinski definition) is 3. The molecule has 1 amide bonds. The molecular formula is C14H21FN2O2. The smallest absolute Gasteiger partial charge is 0.221 e. The van der Waals surface area contributed by atoms with Crippen LogP contribution in [-0.2, 0) is 4.79 Å². The molecule has 1 rings (SSSR count). The molecule has 0 heterocycles. The van der Waals surface area contributed by atoms with Crippen LogP contribution >= 0.6 is 0 Å². The molecule has 106 valence electrons. The van der Waals surface area contributed by atoms with E-state index >= 15 is 0 Å². The Balaban J connectivity index is 2.47. The van der Waals surface area contributed by atoms with E-state index in [1.165, 1.54) is 13.2 Å². The maximum atomic E-state index is 13.5. The Morgan fingerprint density at radius 1 is 1.47 bits per heavy atom. The first kappa shape index (κ1) is 15.4. The van der Waals surface area contributed by atoms with Gasteiger partial charge in [0, 0.05) is 25.6 Å². The number of ether oxygens (including phenoxy) is 1. The van der Waals surface area contributed by atoms with E-state index in [0.717, 1.165) is 5.56 Å². The summed E-state index contributed by atoms with van der Waals surface area (Å²) in [6.45, 7) is 5.01. The van der Waals surface area contributed by atoms with Crippen LogP contribution in [0.25, 0.3) is 0 Å². The normalized spacial score (nSPS) is 12.0. The number of benzene rings is 1. The van der Waals surface area contributed by atoms with Crippen molar-refractivity contribution in [2.24, 2.45) is 0 Å². The summed E-state index contributed by atoms with van der Waals surface area (Å²) in [5.74, 6) is -0.126. The molecule has 1 aromatic carbocycles. The van der Waals surface area contributed by atoms with E-state index < -0.39 is 0 Å². The van der Waals surface area contributed by atoms with Gasteiger partial charge in [-0.2, -0.15) is 0 Å². The zero-order chi connectivity index (χ0) is 14.3. The van der Waals surface area contributed by atoms with E-state index in [-0.39, 0.29) is 23.5 Å². The summed E-state index contributed by atoms with van der Waals surface area (Å²) in [4.78, 5) is 11.3. The van der Waals surface area contributed by atoms with E-state index in [1.54, 1.807) is 6.07 Å². The number of hydrogen-bond donors (Lipinski definition) is 2. The largest absolute Gasteiger partial charge is 0.494 e. The second-order valence-electron chi connectivity index (χ2n) is 4.27. The van der Waals surface area contributed by atoms with Crippen LogP contribution < -0.4 is 15.4 Å². The van der Waals surface area contributed by atoms with Gasteiger partial charge in [0.1, 0.15) is 0 Å². The Morgan fingerprint density at radius 3 is 2.79 bits per heavy atom. The van der Waals surface area contributed by atoms with Gasteiger partial charge in [-0.3, -0.25) is 4.79 Å². The average Bonchev–Trinajstić information content (AvgIpc) is 2.38. The van der Waals surface area contributed by atoms with Crippen LogP contribution in [-0.4, -0.2) is 26.1 Å². The van der Waals surface area contributed by atoms with Gasteiger partial charge >= 0.3 is 0 Å². The van der Waals surface area contributed by atoms with E-state index in [4.69, 9.17) is 4.74 Å². The molecule has 1 unspecified atom stereocenters. The predicted molar refractivity (Wildman–Crippen MR) is 72.7 cm³/mol. The van der Waals surface area contributed by atoms with E-state index in [2.05, 4.69) is 10.6 Å². The highest BCUT2D eigenvalue weighted by atomic mass is 19.1. The van der Waals surface area contributed by atoms with Crippen molar-refractivity contribution in [1.82, 2.24) is 10.6 Å². The molecule has 0 aromatic heterocycles. The van der Waals surface area contributed by atoms with Gasteiger partial charge < -0.3 is 15.4 Å². The molecule has 19 heavy (non-hydrogen) atoms. The summed E-state index contributed by atoms with van der Waals surface area (Å²) in [7, 11) is 1.44. The summed E-state index contributed by atoms with van der Waals surface area (Å²) in [5.41, 5.74) is 0.828. The number of nitrogens with one attached hydrogen (secondary N) is 2. The molecule has 0 saturated carbocycles. The maximum absolute atomic E-state index is 13.5. The fraction of sp³-hybridized carbons (Fsp3) is 0.500. The molecule has 0 saturated heterocycles. The van der Waals surface area contributed by atoms with Gasteiger partial charge in [0.05, 0.1) is 7.11 Å². The van der Waals surface area contributed by atoms with Crippen molar-refractivity contribution in [2.75, 3.05) is 20.2 Å². The molecule has 0 radical (unpaired) electrons. The van der Waals surface area contributed by atoms with Crippen molar-refractivity contribution >= 4 is 5.91 Å². The van der Waals surface area contributed by atoms with Gasteiger partial charge in [-0.25, -0.2) is 4.39 Å². The number of carbonyl (C=O) groups excluding carboxylic acids is 1. The Morgan fingerprint density at radius 2 is 2.21 bits per heavy atom. The van der Waals surface area contributed by atoms with Crippen LogP contribution in [0, 0.1) is 5.82 Å². The molecule has 1 aromatic rings. The second-order valence-corrected chi connectivity index (χ2v) is 4.27. The average molecular weight is 268 g/mol. The minimum atomic E-state index is -0.377. The summed E-state index contributed by atoms with van der Waals surface area (Å²) < 4.78 is 18.4. The minimum absolute atomic E-state index is 0.0168. The summed E-state index contributed by atoms with van der Waals surface area (Å²) in [6, 6.07) is 4.84. The molecule has 5 heteroatoms. The highest BCUT2D eigenvalue weighted by Crippen LogP contribution is 2.21. The quantitative estimate of drug-likeness (QED) is 0.795. The minimum Gasteiger partial charge on any atom is -0.494 e. The lowest BCUT2D eigenvalue weighted by molar-refractivity contribution is -0.120. The van der Waals surface area contributed by atoms with E-state index in [0.29, 0.717) is 19.5 Å². The zero-order valence-electron chi connectivity index (χ0n) is 11.6. The van der Waals surface area contributed by atoms with E-state index in [1.807, 2.05) is 19.9 Å². The van der Waals surface area contributed by atoms with Gasteiger partial charge in [-0.05, 0) is 31.5 Å². The maximum Gasteiger partial charge on any atom is 0.221 e. The predicted octanol–water partition coefficient (Wildman–Crippen LogP) is 2.01. The number of halogens is 1. The molecule has 4 nitrogen and oxygen atoms in total. The van der Waals surface area contributed by atoms with Crippen LogP contribution in [0.4, 0.5) is 4.39 Å². The lowest BCUT2D eigenvalue weighted by Gasteiger charge is -2.15. The fourth-order valence-electron chi connectivity index (χ4n) is 1.76. The number of methoxy groups -OCH3 is 1. The first-order chi connectivity index (χ1) is 9.08. The van der Waals surface area contributed by atoms with E-state index in [9.17, 15) is 9.18 Å². The third-order valence-corrected chi connectivity index (χ3v) is 2.85. The monoisotopic (exact) mass is 268 g/mol. The van der Waals surface area contributed by atoms with Crippen LogP contribution in [0.5, 0.6) is 5.75 Å². The molecule has 0 aliphatic heterocycles. The van der Waals surface area contributed by atoms with Crippen molar-refractivity contribution in [1.29, 1.82) is 0 Å². The molecule has 0 aliphatic rings. The summed E-state index contributed by atoms with van der Waals surface area (Å²) in [6.07, 6.45) is 0.414. The topological polar surface area (TPSA) is 50.4 Å². The van der Waals surface area contributed by atoms with Crippen molar-refractivity contribution in [3.63, 3.8) is 0 Å². The first-order valence-corrected chi connectivity index (χ1v) is 6.42. The SMILES string of the molecule is CCNC(=O)CCNC(C)c1ccc(OC)c(F)c1. The molecule has 0 fully saturated rings. The molecule has 2 N–H and O–H groups in total. The molecule has 1 atom stereocenters. The standard InChI is InChI=1S/C14H21FN2O2/c1-4-16-14(18)7-8-17-10(2)11-5-6-13(19-3)12(15)9-11/h5-6,9-10,17H,4,7-8H2,1-3H3,(H,16,18). The highest BCUT2D eigenvalue weighted by Gasteiger charge is 2.09. The van der Waals surface area contributed by atoms with Gasteiger partial charge in [-0.1, -0.05) is 6.07 Å². The Labute approximate surface area is 113 Å². The van der Waals surface area contributed by atoms with Gasteiger partial charge in [0.15, 0.2) is 11.6 Å². The molecular weight excluding hydrogens is 247 g/mol. The summed E-state index contributed by atoms with van der Waals surface area (Å²) in [5, 5.41) is 5.91. The second kappa shape index (κ2) is 7.74. The summed E-state index contributed by atoms with van der Waals surface area (Å²) >= 11 is 0. The highest BCUT2D eigenvalue weighted by molar-refractivity contribution is 5.75. The molecule has 0 spiro atoms. The Hall–Kier alpha value is -1.62. The third-order valence-electron chi connectivity index (χ3n) is 2.85.